The summed E-state index contributed by atoms with van der Waals surface area (Å²) in [7, 11) is 3.51. The Bertz CT molecular complexity index is 490. The van der Waals surface area contributed by atoms with E-state index in [0.717, 1.165) is 31.7 Å². The van der Waals surface area contributed by atoms with Crippen molar-refractivity contribution in [2.24, 2.45) is 0 Å². The van der Waals surface area contributed by atoms with E-state index in [9.17, 15) is 4.79 Å². The molecule has 1 unspecified atom stereocenters. The molecule has 0 amide bonds. The van der Waals surface area contributed by atoms with Crippen molar-refractivity contribution in [3.8, 4) is 0 Å². The van der Waals surface area contributed by atoms with Gasteiger partial charge in [0.15, 0.2) is 0 Å². The molecule has 20 heavy (non-hydrogen) atoms. The minimum absolute atomic E-state index is 0.359. The number of nitrogens with zero attached hydrogens (tertiary/aromatic N) is 2. The lowest BCUT2D eigenvalue weighted by Crippen LogP contribution is -2.38. The largest absolute Gasteiger partial charge is 0.465 e. The number of esters is 1. The van der Waals surface area contributed by atoms with Crippen LogP contribution in [0, 0.1) is 0 Å². The number of rotatable bonds is 2. The summed E-state index contributed by atoms with van der Waals surface area (Å²) in [4.78, 5) is 16.3. The highest BCUT2D eigenvalue weighted by Gasteiger charge is 2.23. The summed E-state index contributed by atoms with van der Waals surface area (Å²) >= 11 is 0. The molecule has 1 saturated heterocycles. The molecule has 1 atom stereocenters. The summed E-state index contributed by atoms with van der Waals surface area (Å²) in [5.74, 6) is -0.385. The van der Waals surface area contributed by atoms with Crippen LogP contribution in [0.5, 0.6) is 0 Å². The van der Waals surface area contributed by atoms with Gasteiger partial charge in [0, 0.05) is 19.1 Å². The Morgan fingerprint density at radius 2 is 2.15 bits per heavy atom. The maximum absolute atomic E-state index is 11.7. The number of para-hydroxylation sites is 1. The van der Waals surface area contributed by atoms with E-state index < -0.39 is 0 Å². The smallest absolute Gasteiger partial charge is 0.340 e. The summed E-state index contributed by atoms with van der Waals surface area (Å²) < 4.78 is 4.78. The molecule has 5 nitrogen and oxygen atoms in total. The zero-order chi connectivity index (χ0) is 14.7. The first-order valence-corrected chi connectivity index (χ1v) is 6.96. The van der Waals surface area contributed by atoms with Crippen LogP contribution in [0.25, 0.3) is 0 Å². The first-order chi connectivity index (χ1) is 9.54. The van der Waals surface area contributed by atoms with Gasteiger partial charge in [-0.3, -0.25) is 0 Å². The van der Waals surface area contributed by atoms with Crippen LogP contribution in [-0.2, 0) is 4.74 Å². The molecule has 0 spiro atoms. The summed E-state index contributed by atoms with van der Waals surface area (Å²) in [6, 6.07) is 5.90. The highest BCUT2D eigenvalue weighted by atomic mass is 16.5. The summed E-state index contributed by atoms with van der Waals surface area (Å²) in [5.41, 5.74) is 8.06. The maximum atomic E-state index is 11.7. The zero-order valence-electron chi connectivity index (χ0n) is 12.4. The van der Waals surface area contributed by atoms with Crippen molar-refractivity contribution in [3.63, 3.8) is 0 Å². The van der Waals surface area contributed by atoms with E-state index in [-0.39, 0.29) is 5.97 Å². The minimum Gasteiger partial charge on any atom is -0.465 e. The summed E-state index contributed by atoms with van der Waals surface area (Å²) in [5, 5.41) is 0. The molecule has 2 rings (SSSR count). The average molecular weight is 277 g/mol. The van der Waals surface area contributed by atoms with Crippen LogP contribution in [-0.4, -0.2) is 50.7 Å². The van der Waals surface area contributed by atoms with Gasteiger partial charge in [0.25, 0.3) is 0 Å². The van der Waals surface area contributed by atoms with Crippen LogP contribution in [0.15, 0.2) is 18.2 Å². The Hall–Kier alpha value is -1.75. The number of carbonyl (C=O) groups excluding carboxylic acids is 1. The number of ether oxygens (including phenoxy) is 1. The molecule has 1 fully saturated rings. The highest BCUT2D eigenvalue weighted by molar-refractivity contribution is 5.98. The Morgan fingerprint density at radius 1 is 1.40 bits per heavy atom. The lowest BCUT2D eigenvalue weighted by atomic mass is 10.1. The van der Waals surface area contributed by atoms with Crippen molar-refractivity contribution in [1.82, 2.24) is 4.90 Å². The fraction of sp³-hybridized carbons (Fsp3) is 0.533. The van der Waals surface area contributed by atoms with E-state index in [2.05, 4.69) is 23.8 Å². The van der Waals surface area contributed by atoms with E-state index >= 15 is 0 Å². The second kappa shape index (κ2) is 6.13. The summed E-state index contributed by atoms with van der Waals surface area (Å²) in [6.45, 7) is 5.20. The Kier molecular flexibility index (Phi) is 4.49. The van der Waals surface area contributed by atoms with E-state index in [4.69, 9.17) is 10.5 Å². The first-order valence-electron chi connectivity index (χ1n) is 6.96. The quantitative estimate of drug-likeness (QED) is 0.657. The molecule has 1 aliphatic rings. The van der Waals surface area contributed by atoms with Gasteiger partial charge in [0.2, 0.25) is 0 Å². The predicted octanol–water partition coefficient (Wildman–Crippen LogP) is 1.59. The molecule has 0 aromatic heterocycles. The van der Waals surface area contributed by atoms with Crippen molar-refractivity contribution in [3.05, 3.63) is 23.8 Å². The third kappa shape index (κ3) is 2.88. The van der Waals surface area contributed by atoms with E-state index in [0.29, 0.717) is 17.3 Å². The van der Waals surface area contributed by atoms with Crippen LogP contribution >= 0.6 is 0 Å². The van der Waals surface area contributed by atoms with Gasteiger partial charge in [0.1, 0.15) is 0 Å². The van der Waals surface area contributed by atoms with Crippen molar-refractivity contribution < 1.29 is 9.53 Å². The molecule has 0 radical (unpaired) electrons. The van der Waals surface area contributed by atoms with Gasteiger partial charge < -0.3 is 20.3 Å². The van der Waals surface area contributed by atoms with Gasteiger partial charge in [-0.1, -0.05) is 6.07 Å². The molecule has 1 heterocycles. The molecule has 1 aromatic rings. The van der Waals surface area contributed by atoms with Crippen LogP contribution in [0.3, 0.4) is 0 Å². The number of hydrogen-bond acceptors (Lipinski definition) is 5. The maximum Gasteiger partial charge on any atom is 0.340 e. The third-order valence-corrected chi connectivity index (χ3v) is 3.84. The van der Waals surface area contributed by atoms with Crippen molar-refractivity contribution >= 4 is 17.3 Å². The third-order valence-electron chi connectivity index (χ3n) is 3.84. The van der Waals surface area contributed by atoms with Crippen molar-refractivity contribution in [1.29, 1.82) is 0 Å². The molecule has 1 aliphatic heterocycles. The Labute approximate surface area is 120 Å². The number of methoxy groups -OCH3 is 1. The van der Waals surface area contributed by atoms with E-state index in [1.807, 2.05) is 12.1 Å². The van der Waals surface area contributed by atoms with E-state index in [1.165, 1.54) is 7.11 Å². The monoisotopic (exact) mass is 277 g/mol. The molecule has 0 saturated carbocycles. The van der Waals surface area contributed by atoms with E-state index in [1.54, 1.807) is 6.07 Å². The van der Waals surface area contributed by atoms with Gasteiger partial charge in [-0.2, -0.15) is 0 Å². The normalized spacial score (nSPS) is 20.6. The molecule has 110 valence electrons. The number of nitrogens with two attached hydrogens (primary N) is 1. The van der Waals surface area contributed by atoms with Crippen LogP contribution in [0.1, 0.15) is 23.7 Å². The van der Waals surface area contributed by atoms with Crippen LogP contribution in [0.2, 0.25) is 0 Å². The minimum atomic E-state index is -0.385. The fourth-order valence-corrected chi connectivity index (χ4v) is 2.82. The van der Waals surface area contributed by atoms with Gasteiger partial charge in [-0.25, -0.2) is 4.79 Å². The highest BCUT2D eigenvalue weighted by Crippen LogP contribution is 2.29. The topological polar surface area (TPSA) is 58.8 Å². The van der Waals surface area contributed by atoms with Gasteiger partial charge in [-0.05, 0) is 39.1 Å². The van der Waals surface area contributed by atoms with Crippen molar-refractivity contribution in [2.45, 2.75) is 19.4 Å². The lowest BCUT2D eigenvalue weighted by Gasteiger charge is -2.31. The molecule has 5 heteroatoms. The second-order valence-corrected chi connectivity index (χ2v) is 5.39. The number of nitrogen functional groups attached to an aromatic ring is 1. The lowest BCUT2D eigenvalue weighted by molar-refractivity contribution is 0.0602. The number of carbonyl (C=O) groups is 1. The van der Waals surface area contributed by atoms with Crippen LogP contribution < -0.4 is 10.6 Å². The SMILES string of the molecule is COC(=O)c1cccc(N2CCCN(C)CC2C)c1N. The average Bonchev–Trinajstić information content (AvgIpc) is 2.59. The fourth-order valence-electron chi connectivity index (χ4n) is 2.82. The molecule has 0 aliphatic carbocycles. The molecule has 0 bridgehead atoms. The number of likely N-dealkylation sites (N-methyl/N-ethyl adjacent to an activating group) is 1. The second-order valence-electron chi connectivity index (χ2n) is 5.39. The standard InChI is InChI=1S/C15H23N3O2/c1-11-10-17(2)8-5-9-18(11)13-7-4-6-12(14(13)16)15(19)20-3/h4,6-7,11H,5,8-10,16H2,1-3H3. The zero-order valence-corrected chi connectivity index (χ0v) is 12.4. The predicted molar refractivity (Wildman–Crippen MR) is 81.1 cm³/mol. The number of hydrogen-bond donors (Lipinski definition) is 1. The first kappa shape index (κ1) is 14.7. The summed E-state index contributed by atoms with van der Waals surface area (Å²) in [6.07, 6.45) is 1.09. The van der Waals surface area contributed by atoms with Gasteiger partial charge in [-0.15, -0.1) is 0 Å². The molecule has 2 N–H and O–H groups in total. The molecule has 1 aromatic carbocycles. The number of benzene rings is 1. The molecular weight excluding hydrogens is 254 g/mol. The van der Waals surface area contributed by atoms with Crippen molar-refractivity contribution in [2.75, 3.05) is 44.4 Å². The Morgan fingerprint density at radius 3 is 2.85 bits per heavy atom. The molecular formula is C15H23N3O2. The van der Waals surface area contributed by atoms with Crippen LogP contribution in [0.4, 0.5) is 11.4 Å². The Balaban J connectivity index is 2.34. The van der Waals surface area contributed by atoms with Gasteiger partial charge in [0.05, 0.1) is 24.0 Å². The van der Waals surface area contributed by atoms with Gasteiger partial charge >= 0.3 is 5.97 Å². The number of anilines is 2.